The van der Waals surface area contributed by atoms with E-state index in [1.165, 1.54) is 12.5 Å². The molecule has 1 amide bonds. The van der Waals surface area contributed by atoms with E-state index in [9.17, 15) is 4.79 Å². The fraction of sp³-hybridized carbons (Fsp3) is 0.250. The highest BCUT2D eigenvalue weighted by atomic mass is 16.5. The number of hydrogen-bond donors (Lipinski definition) is 1. The molecule has 0 aliphatic carbocycles. The van der Waals surface area contributed by atoms with Gasteiger partial charge in [-0.2, -0.15) is 0 Å². The normalized spacial score (nSPS) is 12.3. The molecule has 2 heterocycles. The van der Waals surface area contributed by atoms with E-state index < -0.39 is 0 Å². The zero-order valence-corrected chi connectivity index (χ0v) is 9.38. The van der Waals surface area contributed by atoms with Gasteiger partial charge in [0.25, 0.3) is 5.91 Å². The van der Waals surface area contributed by atoms with Crippen molar-refractivity contribution in [3.05, 3.63) is 48.3 Å². The molecule has 0 aliphatic rings. The molecule has 0 fully saturated rings. The van der Waals surface area contributed by atoms with Crippen molar-refractivity contribution in [1.29, 1.82) is 0 Å². The zero-order valence-electron chi connectivity index (χ0n) is 9.38. The van der Waals surface area contributed by atoms with Crippen LogP contribution in [-0.2, 0) is 4.74 Å². The highest BCUT2D eigenvalue weighted by Gasteiger charge is 2.15. The first-order chi connectivity index (χ1) is 8.31. The predicted octanol–water partition coefficient (Wildman–Crippen LogP) is 1.99. The van der Waals surface area contributed by atoms with Gasteiger partial charge in [-0.25, -0.2) is 0 Å². The number of rotatable bonds is 5. The van der Waals surface area contributed by atoms with E-state index in [0.717, 1.165) is 0 Å². The van der Waals surface area contributed by atoms with Gasteiger partial charge in [0, 0.05) is 7.11 Å². The van der Waals surface area contributed by atoms with Gasteiger partial charge in [0.15, 0.2) is 0 Å². The van der Waals surface area contributed by atoms with Gasteiger partial charge in [-0.1, -0.05) is 0 Å². The first-order valence-corrected chi connectivity index (χ1v) is 5.18. The van der Waals surface area contributed by atoms with Gasteiger partial charge in [0.2, 0.25) is 0 Å². The third-order valence-corrected chi connectivity index (χ3v) is 2.38. The molecule has 1 N–H and O–H groups in total. The summed E-state index contributed by atoms with van der Waals surface area (Å²) in [6.45, 7) is 0.341. The lowest BCUT2D eigenvalue weighted by atomic mass is 10.2. The monoisotopic (exact) mass is 235 g/mol. The Bertz CT molecular complexity index is 447. The molecule has 0 unspecified atom stereocenters. The Labute approximate surface area is 98.4 Å². The Kier molecular flexibility index (Phi) is 3.62. The lowest BCUT2D eigenvalue weighted by Gasteiger charge is -2.13. The smallest absolute Gasteiger partial charge is 0.254 e. The molecular weight excluding hydrogens is 222 g/mol. The maximum atomic E-state index is 11.6. The second-order valence-electron chi connectivity index (χ2n) is 3.46. The average molecular weight is 235 g/mol. The molecule has 1 atom stereocenters. The van der Waals surface area contributed by atoms with E-state index in [4.69, 9.17) is 13.6 Å². The summed E-state index contributed by atoms with van der Waals surface area (Å²) in [6, 6.07) is 5.18. The van der Waals surface area contributed by atoms with E-state index in [1.807, 2.05) is 0 Å². The molecule has 2 aromatic heterocycles. The Balaban J connectivity index is 1.91. The lowest BCUT2D eigenvalue weighted by molar-refractivity contribution is 0.0738. The number of carbonyl (C=O) groups excluding carboxylic acids is 1. The quantitative estimate of drug-likeness (QED) is 0.860. The van der Waals surface area contributed by atoms with Crippen LogP contribution in [-0.4, -0.2) is 19.6 Å². The molecule has 5 heteroatoms. The number of carbonyl (C=O) groups is 1. The molecule has 0 spiro atoms. The largest absolute Gasteiger partial charge is 0.472 e. The van der Waals surface area contributed by atoms with Gasteiger partial charge in [0.1, 0.15) is 18.1 Å². The zero-order chi connectivity index (χ0) is 12.1. The highest BCUT2D eigenvalue weighted by Crippen LogP contribution is 2.15. The van der Waals surface area contributed by atoms with Crippen LogP contribution in [0.4, 0.5) is 0 Å². The molecule has 0 saturated carbocycles. The lowest BCUT2D eigenvalue weighted by Crippen LogP contribution is -2.28. The van der Waals surface area contributed by atoms with Gasteiger partial charge in [-0.05, 0) is 18.2 Å². The molecule has 0 saturated heterocycles. The molecule has 0 aromatic carbocycles. The number of ether oxygens (including phenoxy) is 1. The van der Waals surface area contributed by atoms with Crippen molar-refractivity contribution in [2.45, 2.75) is 6.10 Å². The van der Waals surface area contributed by atoms with E-state index in [0.29, 0.717) is 17.9 Å². The molecule has 2 rings (SSSR count). The molecule has 17 heavy (non-hydrogen) atoms. The van der Waals surface area contributed by atoms with Crippen molar-refractivity contribution >= 4 is 5.91 Å². The van der Waals surface area contributed by atoms with Gasteiger partial charge in [-0.3, -0.25) is 4.79 Å². The summed E-state index contributed by atoms with van der Waals surface area (Å²) in [4.78, 5) is 11.6. The first kappa shape index (κ1) is 11.5. The van der Waals surface area contributed by atoms with Gasteiger partial charge in [-0.15, -0.1) is 0 Å². The first-order valence-electron chi connectivity index (χ1n) is 5.18. The Morgan fingerprint density at radius 1 is 1.47 bits per heavy atom. The number of hydrogen-bond acceptors (Lipinski definition) is 4. The summed E-state index contributed by atoms with van der Waals surface area (Å²) < 4.78 is 15.3. The van der Waals surface area contributed by atoms with Gasteiger partial charge in [0.05, 0.1) is 24.6 Å². The second-order valence-corrected chi connectivity index (χ2v) is 3.46. The van der Waals surface area contributed by atoms with Crippen molar-refractivity contribution < 1.29 is 18.4 Å². The average Bonchev–Trinajstić information content (AvgIpc) is 3.02. The minimum absolute atomic E-state index is 0.202. The minimum atomic E-state index is -0.291. The van der Waals surface area contributed by atoms with Crippen LogP contribution in [0.25, 0.3) is 0 Å². The third kappa shape index (κ3) is 2.76. The molecule has 0 aliphatic heterocycles. The fourth-order valence-corrected chi connectivity index (χ4v) is 1.46. The fourth-order valence-electron chi connectivity index (χ4n) is 1.46. The van der Waals surface area contributed by atoms with Crippen LogP contribution >= 0.6 is 0 Å². The maximum absolute atomic E-state index is 11.6. The Morgan fingerprint density at radius 2 is 2.35 bits per heavy atom. The summed E-state index contributed by atoms with van der Waals surface area (Å²) in [7, 11) is 1.57. The van der Waals surface area contributed by atoms with Crippen molar-refractivity contribution in [2.24, 2.45) is 0 Å². The summed E-state index contributed by atoms with van der Waals surface area (Å²) in [5.74, 6) is 0.479. The summed E-state index contributed by atoms with van der Waals surface area (Å²) in [5, 5.41) is 2.74. The van der Waals surface area contributed by atoms with Crippen LogP contribution in [0.15, 0.2) is 45.8 Å². The molecule has 0 radical (unpaired) electrons. The Morgan fingerprint density at radius 3 is 2.94 bits per heavy atom. The molecule has 5 nitrogen and oxygen atoms in total. The summed E-state index contributed by atoms with van der Waals surface area (Å²) in [6.07, 6.45) is 4.12. The van der Waals surface area contributed by atoms with E-state index in [2.05, 4.69) is 5.32 Å². The number of methoxy groups -OCH3 is 1. The van der Waals surface area contributed by atoms with Crippen LogP contribution < -0.4 is 5.32 Å². The number of amides is 1. The van der Waals surface area contributed by atoms with Gasteiger partial charge < -0.3 is 18.9 Å². The number of nitrogens with one attached hydrogen (secondary N) is 1. The standard InChI is InChI=1S/C12H13NO4/c1-15-11(10-3-2-5-17-10)7-13-12(14)9-4-6-16-8-9/h2-6,8,11H,7H2,1H3,(H,13,14)/t11-/m1/s1. The summed E-state index contributed by atoms with van der Waals surface area (Å²) in [5.41, 5.74) is 0.485. The van der Waals surface area contributed by atoms with E-state index >= 15 is 0 Å². The topological polar surface area (TPSA) is 64.6 Å². The third-order valence-electron chi connectivity index (χ3n) is 2.38. The van der Waals surface area contributed by atoms with Crippen molar-refractivity contribution in [3.63, 3.8) is 0 Å². The van der Waals surface area contributed by atoms with Crippen LogP contribution in [0, 0.1) is 0 Å². The van der Waals surface area contributed by atoms with Crippen LogP contribution in [0.5, 0.6) is 0 Å². The second kappa shape index (κ2) is 5.36. The van der Waals surface area contributed by atoms with Crippen molar-refractivity contribution in [1.82, 2.24) is 5.32 Å². The summed E-state index contributed by atoms with van der Waals surface area (Å²) >= 11 is 0. The van der Waals surface area contributed by atoms with Crippen LogP contribution in [0.3, 0.4) is 0 Å². The SMILES string of the molecule is CO[C@H](CNC(=O)c1ccoc1)c1ccco1. The predicted molar refractivity (Wildman–Crippen MR) is 59.5 cm³/mol. The van der Waals surface area contributed by atoms with E-state index in [-0.39, 0.29) is 12.0 Å². The van der Waals surface area contributed by atoms with Gasteiger partial charge >= 0.3 is 0 Å². The number of furan rings is 2. The molecule has 90 valence electrons. The van der Waals surface area contributed by atoms with Crippen LogP contribution in [0.1, 0.15) is 22.2 Å². The minimum Gasteiger partial charge on any atom is -0.472 e. The van der Waals surface area contributed by atoms with Crippen molar-refractivity contribution in [2.75, 3.05) is 13.7 Å². The maximum Gasteiger partial charge on any atom is 0.254 e. The molecular formula is C12H13NO4. The molecule has 0 bridgehead atoms. The highest BCUT2D eigenvalue weighted by molar-refractivity contribution is 5.93. The van der Waals surface area contributed by atoms with Crippen molar-refractivity contribution in [3.8, 4) is 0 Å². The van der Waals surface area contributed by atoms with Crippen LogP contribution in [0.2, 0.25) is 0 Å². The molecule has 2 aromatic rings. The Hall–Kier alpha value is -2.01. The van der Waals surface area contributed by atoms with E-state index in [1.54, 1.807) is 31.6 Å².